The van der Waals surface area contributed by atoms with Gasteiger partial charge in [0.05, 0.1) is 22.6 Å². The quantitative estimate of drug-likeness (QED) is 0.190. The predicted octanol–water partition coefficient (Wildman–Crippen LogP) is 4.40. The van der Waals surface area contributed by atoms with E-state index in [9.17, 15) is 24.8 Å². The van der Waals surface area contributed by atoms with Crippen LogP contribution in [0.1, 0.15) is 31.0 Å². The monoisotopic (exact) mass is 459 g/mol. The number of nitro benzene ring substituents is 1. The zero-order valence-corrected chi connectivity index (χ0v) is 18.4. The number of carbonyl (C=O) groups excluding carboxylic acids is 2. The Hall–Kier alpha value is -4.53. The van der Waals surface area contributed by atoms with E-state index in [0.717, 1.165) is 4.90 Å². The van der Waals surface area contributed by atoms with Gasteiger partial charge in [0.15, 0.2) is 0 Å². The first kappa shape index (κ1) is 22.7. The molecule has 0 aliphatic carbocycles. The molecule has 1 aliphatic rings. The SMILES string of the molecule is CC(C)Oc1ccc(/C(O)=C2\C(=O)C(=O)N(c3ccccn3)[C@H]2c2cccc([N+](=O)[O-])c2)cc1. The third-order valence-electron chi connectivity index (χ3n) is 5.24. The van der Waals surface area contributed by atoms with Crippen LogP contribution in [0.25, 0.3) is 5.76 Å². The second kappa shape index (κ2) is 9.14. The molecule has 1 atom stereocenters. The van der Waals surface area contributed by atoms with Gasteiger partial charge in [0.25, 0.3) is 11.5 Å². The van der Waals surface area contributed by atoms with E-state index in [1.807, 2.05) is 13.8 Å². The van der Waals surface area contributed by atoms with Gasteiger partial charge < -0.3 is 9.84 Å². The number of benzene rings is 2. The van der Waals surface area contributed by atoms with E-state index >= 15 is 0 Å². The van der Waals surface area contributed by atoms with E-state index in [0.29, 0.717) is 16.9 Å². The normalized spacial score (nSPS) is 17.3. The van der Waals surface area contributed by atoms with Gasteiger partial charge in [0.1, 0.15) is 17.3 Å². The van der Waals surface area contributed by atoms with Crippen LogP contribution in [0.15, 0.2) is 78.5 Å². The third-order valence-corrected chi connectivity index (χ3v) is 5.24. The minimum Gasteiger partial charge on any atom is -0.507 e. The maximum Gasteiger partial charge on any atom is 0.301 e. The lowest BCUT2D eigenvalue weighted by atomic mass is 9.95. The molecule has 0 spiro atoms. The van der Waals surface area contributed by atoms with Crippen molar-refractivity contribution in [1.29, 1.82) is 0 Å². The number of rotatable bonds is 6. The Kier molecular flexibility index (Phi) is 6.09. The fourth-order valence-electron chi connectivity index (χ4n) is 3.81. The van der Waals surface area contributed by atoms with E-state index in [-0.39, 0.29) is 23.2 Å². The highest BCUT2D eigenvalue weighted by Crippen LogP contribution is 2.42. The van der Waals surface area contributed by atoms with Gasteiger partial charge in [0, 0.05) is 23.9 Å². The Morgan fingerprint density at radius 1 is 1.09 bits per heavy atom. The highest BCUT2D eigenvalue weighted by atomic mass is 16.6. The summed E-state index contributed by atoms with van der Waals surface area (Å²) in [5.41, 5.74) is 0.193. The molecule has 9 heteroatoms. The Balaban J connectivity index is 1.89. The van der Waals surface area contributed by atoms with Crippen LogP contribution in [0.3, 0.4) is 0 Å². The highest BCUT2D eigenvalue weighted by Gasteiger charge is 2.47. The molecule has 9 nitrogen and oxygen atoms in total. The first-order valence-electron chi connectivity index (χ1n) is 10.5. The molecule has 1 fully saturated rings. The van der Waals surface area contributed by atoms with Crippen LogP contribution >= 0.6 is 0 Å². The average molecular weight is 459 g/mol. The fraction of sp³-hybridized carbons (Fsp3) is 0.160. The number of non-ortho nitro benzene ring substituents is 1. The molecule has 3 aromatic rings. The molecule has 0 saturated carbocycles. The lowest BCUT2D eigenvalue weighted by molar-refractivity contribution is -0.384. The van der Waals surface area contributed by atoms with E-state index in [4.69, 9.17) is 4.74 Å². The zero-order valence-electron chi connectivity index (χ0n) is 18.4. The summed E-state index contributed by atoms with van der Waals surface area (Å²) in [5.74, 6) is -1.44. The maximum atomic E-state index is 13.1. The topological polar surface area (TPSA) is 123 Å². The molecule has 0 unspecified atom stereocenters. The minimum absolute atomic E-state index is 0.0444. The summed E-state index contributed by atoms with van der Waals surface area (Å²) in [6.07, 6.45) is 1.42. The number of hydrogen-bond acceptors (Lipinski definition) is 7. The van der Waals surface area contributed by atoms with Gasteiger partial charge in [-0.05, 0) is 55.8 Å². The molecule has 1 aliphatic heterocycles. The number of ether oxygens (including phenoxy) is 1. The number of aromatic nitrogens is 1. The number of aliphatic hydroxyl groups excluding tert-OH is 1. The lowest BCUT2D eigenvalue weighted by Crippen LogP contribution is -2.30. The van der Waals surface area contributed by atoms with Gasteiger partial charge in [0.2, 0.25) is 0 Å². The molecule has 0 radical (unpaired) electrons. The summed E-state index contributed by atoms with van der Waals surface area (Å²) >= 11 is 0. The van der Waals surface area contributed by atoms with Crippen LogP contribution in [0.2, 0.25) is 0 Å². The van der Waals surface area contributed by atoms with Crippen molar-refractivity contribution < 1.29 is 24.4 Å². The molecule has 2 heterocycles. The summed E-state index contributed by atoms with van der Waals surface area (Å²) in [6.45, 7) is 3.76. The molecule has 1 amide bonds. The number of carbonyl (C=O) groups is 2. The van der Waals surface area contributed by atoms with Crippen molar-refractivity contribution in [3.8, 4) is 5.75 Å². The number of nitrogens with zero attached hydrogens (tertiary/aromatic N) is 3. The number of Topliss-reactive ketones (excluding diaryl/α,β-unsaturated/α-hetero) is 1. The van der Waals surface area contributed by atoms with Gasteiger partial charge in [-0.2, -0.15) is 0 Å². The molecule has 2 aromatic carbocycles. The van der Waals surface area contributed by atoms with Crippen molar-refractivity contribution in [2.75, 3.05) is 4.90 Å². The number of hydrogen-bond donors (Lipinski definition) is 1. The Morgan fingerprint density at radius 3 is 2.44 bits per heavy atom. The Labute approximate surface area is 195 Å². The molecule has 34 heavy (non-hydrogen) atoms. The van der Waals surface area contributed by atoms with Crippen molar-refractivity contribution in [1.82, 2.24) is 4.98 Å². The van der Waals surface area contributed by atoms with E-state index in [1.54, 1.807) is 48.5 Å². The standard InChI is InChI=1S/C25H21N3O6/c1-15(2)34-19-11-9-16(10-12-19)23(29)21-22(17-6-5-7-18(14-17)28(32)33)27(25(31)24(21)30)20-8-3-4-13-26-20/h3-15,22,29H,1-2H3/b23-21+/t22-/m0/s1. The van der Waals surface area contributed by atoms with Crippen LogP contribution in [-0.2, 0) is 9.59 Å². The van der Waals surface area contributed by atoms with Crippen LogP contribution in [0.5, 0.6) is 5.75 Å². The van der Waals surface area contributed by atoms with Crippen LogP contribution in [0, 0.1) is 10.1 Å². The van der Waals surface area contributed by atoms with Crippen molar-refractivity contribution >= 4 is 29.0 Å². The van der Waals surface area contributed by atoms with Gasteiger partial charge in [-0.15, -0.1) is 0 Å². The van der Waals surface area contributed by atoms with Crippen molar-refractivity contribution in [3.63, 3.8) is 0 Å². The van der Waals surface area contributed by atoms with Crippen molar-refractivity contribution in [2.24, 2.45) is 0 Å². The minimum atomic E-state index is -1.11. The molecular formula is C25H21N3O6. The summed E-state index contributed by atoms with van der Waals surface area (Å²) in [6, 6.07) is 15.8. The molecule has 172 valence electrons. The molecular weight excluding hydrogens is 438 g/mol. The number of nitro groups is 1. The van der Waals surface area contributed by atoms with Crippen molar-refractivity contribution in [2.45, 2.75) is 26.0 Å². The maximum absolute atomic E-state index is 13.1. The number of ketones is 1. The van der Waals surface area contributed by atoms with E-state index < -0.39 is 28.4 Å². The van der Waals surface area contributed by atoms with Gasteiger partial charge >= 0.3 is 5.91 Å². The molecule has 1 saturated heterocycles. The summed E-state index contributed by atoms with van der Waals surface area (Å²) < 4.78 is 5.61. The van der Waals surface area contributed by atoms with Crippen LogP contribution in [-0.4, -0.2) is 32.8 Å². The second-order valence-corrected chi connectivity index (χ2v) is 7.90. The van der Waals surface area contributed by atoms with Crippen LogP contribution in [0.4, 0.5) is 11.5 Å². The first-order valence-corrected chi connectivity index (χ1v) is 10.5. The second-order valence-electron chi connectivity index (χ2n) is 7.90. The van der Waals surface area contributed by atoms with Gasteiger partial charge in [-0.25, -0.2) is 4.98 Å². The summed E-state index contributed by atoms with van der Waals surface area (Å²) in [4.78, 5) is 42.3. The van der Waals surface area contributed by atoms with Crippen molar-refractivity contribution in [3.05, 3.63) is 99.7 Å². The van der Waals surface area contributed by atoms with E-state index in [1.165, 1.54) is 24.4 Å². The van der Waals surface area contributed by atoms with E-state index in [2.05, 4.69) is 4.98 Å². The summed E-state index contributed by atoms with van der Waals surface area (Å²) in [5, 5.41) is 22.5. The van der Waals surface area contributed by atoms with Gasteiger partial charge in [-0.1, -0.05) is 18.2 Å². The van der Waals surface area contributed by atoms with Crippen LogP contribution < -0.4 is 9.64 Å². The summed E-state index contributed by atoms with van der Waals surface area (Å²) in [7, 11) is 0. The number of aliphatic hydroxyl groups is 1. The van der Waals surface area contributed by atoms with Gasteiger partial charge in [-0.3, -0.25) is 24.6 Å². The smallest absolute Gasteiger partial charge is 0.301 e. The fourth-order valence-corrected chi connectivity index (χ4v) is 3.81. The molecule has 1 N–H and O–H groups in total. The largest absolute Gasteiger partial charge is 0.507 e. The lowest BCUT2D eigenvalue weighted by Gasteiger charge is -2.24. The Morgan fingerprint density at radius 2 is 1.82 bits per heavy atom. The zero-order chi connectivity index (χ0) is 24.4. The average Bonchev–Trinajstić information content (AvgIpc) is 3.10. The molecule has 4 rings (SSSR count). The Bertz CT molecular complexity index is 1290. The highest BCUT2D eigenvalue weighted by molar-refractivity contribution is 6.51. The number of anilines is 1. The third kappa shape index (κ3) is 4.23. The molecule has 0 bridgehead atoms. The number of pyridine rings is 1. The molecule has 1 aromatic heterocycles. The predicted molar refractivity (Wildman–Crippen MR) is 124 cm³/mol. The number of amides is 1. The first-order chi connectivity index (χ1) is 16.3.